The Kier molecular flexibility index (Phi) is 7.63. The molecule has 2 rings (SSSR count). The van der Waals surface area contributed by atoms with E-state index in [0.29, 0.717) is 12.3 Å². The van der Waals surface area contributed by atoms with Crippen molar-refractivity contribution in [1.29, 1.82) is 5.26 Å². The fraction of sp³-hybridized carbons (Fsp3) is 0.368. The highest BCUT2D eigenvalue weighted by atomic mass is 79.9. The first-order valence-corrected chi connectivity index (χ1v) is 9.77. The molecule has 0 saturated heterocycles. The van der Waals surface area contributed by atoms with E-state index in [0.717, 1.165) is 14.9 Å². The van der Waals surface area contributed by atoms with Crippen LogP contribution in [0, 0.1) is 17.2 Å². The summed E-state index contributed by atoms with van der Waals surface area (Å²) in [5.41, 5.74) is 0.993. The van der Waals surface area contributed by atoms with Crippen molar-refractivity contribution in [2.75, 3.05) is 6.54 Å². The van der Waals surface area contributed by atoms with Gasteiger partial charge in [-0.2, -0.15) is 5.26 Å². The van der Waals surface area contributed by atoms with Crippen LogP contribution in [-0.2, 0) is 9.53 Å². The summed E-state index contributed by atoms with van der Waals surface area (Å²) in [4.78, 5) is 13.5. The van der Waals surface area contributed by atoms with Crippen molar-refractivity contribution in [2.45, 2.75) is 32.5 Å². The van der Waals surface area contributed by atoms with Crippen molar-refractivity contribution in [1.82, 2.24) is 5.32 Å². The third-order valence-corrected chi connectivity index (χ3v) is 5.04. The van der Waals surface area contributed by atoms with E-state index in [-0.39, 0.29) is 18.6 Å². The number of carbonyl (C=O) groups excluding carboxylic acids is 1. The van der Waals surface area contributed by atoms with Crippen molar-refractivity contribution < 1.29 is 9.53 Å². The summed E-state index contributed by atoms with van der Waals surface area (Å²) in [6.07, 6.45) is -0.330. The molecule has 0 aliphatic heterocycles. The fourth-order valence-electron chi connectivity index (χ4n) is 2.45. The number of thiophene rings is 1. The van der Waals surface area contributed by atoms with Crippen LogP contribution in [0.15, 0.2) is 46.3 Å². The molecule has 0 fully saturated rings. The zero-order valence-electron chi connectivity index (χ0n) is 14.2. The van der Waals surface area contributed by atoms with Crippen LogP contribution in [0.2, 0.25) is 0 Å². The van der Waals surface area contributed by atoms with Gasteiger partial charge in [0.2, 0.25) is 5.91 Å². The Labute approximate surface area is 160 Å². The maximum Gasteiger partial charge on any atom is 0.250 e. The Morgan fingerprint density at radius 2 is 2.04 bits per heavy atom. The second-order valence-electron chi connectivity index (χ2n) is 6.08. The highest BCUT2D eigenvalue weighted by molar-refractivity contribution is 9.10. The number of nitriles is 1. The molecule has 6 heteroatoms. The van der Waals surface area contributed by atoms with E-state index < -0.39 is 6.10 Å². The van der Waals surface area contributed by atoms with E-state index >= 15 is 0 Å². The predicted octanol–water partition coefficient (Wildman–Crippen LogP) is 4.67. The number of carbonyl (C=O) groups is 1. The van der Waals surface area contributed by atoms with E-state index in [1.807, 2.05) is 61.7 Å². The minimum Gasteiger partial charge on any atom is -0.355 e. The summed E-state index contributed by atoms with van der Waals surface area (Å²) in [5.74, 6) is 0.0562. The van der Waals surface area contributed by atoms with Gasteiger partial charge < -0.3 is 10.1 Å². The molecule has 1 aromatic carbocycles. The van der Waals surface area contributed by atoms with Crippen LogP contribution in [0.3, 0.4) is 0 Å². The van der Waals surface area contributed by atoms with Gasteiger partial charge in [-0.1, -0.05) is 48.0 Å². The van der Waals surface area contributed by atoms with Crippen molar-refractivity contribution in [3.05, 3.63) is 56.7 Å². The number of nitrogens with zero attached hydrogens (tertiary/aromatic N) is 1. The largest absolute Gasteiger partial charge is 0.355 e. The Bertz CT molecular complexity index is 708. The first-order chi connectivity index (χ1) is 12.0. The minimum absolute atomic E-state index is 0.0151. The van der Waals surface area contributed by atoms with Crippen molar-refractivity contribution in [3.63, 3.8) is 0 Å². The van der Waals surface area contributed by atoms with E-state index in [1.165, 1.54) is 0 Å². The van der Waals surface area contributed by atoms with Gasteiger partial charge in [-0.25, -0.2) is 0 Å². The molecule has 25 heavy (non-hydrogen) atoms. The lowest BCUT2D eigenvalue weighted by atomic mass is 10.0. The molecule has 1 aromatic heterocycles. The van der Waals surface area contributed by atoms with Gasteiger partial charge in [-0.3, -0.25) is 4.79 Å². The summed E-state index contributed by atoms with van der Waals surface area (Å²) in [6.45, 7) is 4.08. The summed E-state index contributed by atoms with van der Waals surface area (Å²) < 4.78 is 7.26. The van der Waals surface area contributed by atoms with Gasteiger partial charge in [-0.05, 0) is 41.5 Å². The van der Waals surface area contributed by atoms with Crippen LogP contribution < -0.4 is 5.32 Å². The molecule has 1 heterocycles. The zero-order chi connectivity index (χ0) is 18.2. The first-order valence-electron chi connectivity index (χ1n) is 8.10. The van der Waals surface area contributed by atoms with Crippen LogP contribution in [0.4, 0.5) is 0 Å². The third kappa shape index (κ3) is 5.96. The van der Waals surface area contributed by atoms with Gasteiger partial charge >= 0.3 is 0 Å². The van der Waals surface area contributed by atoms with E-state index in [2.05, 4.69) is 21.2 Å². The molecular weight excluding hydrogens is 400 g/mol. The van der Waals surface area contributed by atoms with Crippen LogP contribution >= 0.6 is 27.3 Å². The monoisotopic (exact) mass is 420 g/mol. The summed E-state index contributed by atoms with van der Waals surface area (Å²) in [5, 5.41) is 13.3. The number of hydrogen-bond acceptors (Lipinski definition) is 4. The highest BCUT2D eigenvalue weighted by Crippen LogP contribution is 2.32. The summed E-state index contributed by atoms with van der Waals surface area (Å²) in [7, 11) is 0. The average molecular weight is 421 g/mol. The molecule has 4 nitrogen and oxygen atoms in total. The molecule has 0 saturated carbocycles. The Hall–Kier alpha value is -1.68. The minimum atomic E-state index is -0.607. The predicted molar refractivity (Wildman–Crippen MR) is 103 cm³/mol. The summed E-state index contributed by atoms with van der Waals surface area (Å²) in [6, 6.07) is 13.8. The molecule has 0 aliphatic carbocycles. The molecule has 0 radical (unpaired) electrons. The maximum absolute atomic E-state index is 12.4. The van der Waals surface area contributed by atoms with E-state index in [4.69, 9.17) is 10.00 Å². The normalized spacial score (nSPS) is 13.2. The van der Waals surface area contributed by atoms with Gasteiger partial charge in [0.05, 0.1) is 6.07 Å². The fourth-order valence-corrected chi connectivity index (χ4v) is 3.50. The number of rotatable bonds is 8. The van der Waals surface area contributed by atoms with Crippen LogP contribution in [0.25, 0.3) is 0 Å². The lowest BCUT2D eigenvalue weighted by Crippen LogP contribution is -2.38. The van der Waals surface area contributed by atoms with Gasteiger partial charge in [0.15, 0.2) is 0 Å². The second kappa shape index (κ2) is 9.71. The van der Waals surface area contributed by atoms with Gasteiger partial charge in [-0.15, -0.1) is 11.3 Å². The Morgan fingerprint density at radius 3 is 2.60 bits per heavy atom. The zero-order valence-corrected chi connectivity index (χ0v) is 16.6. The number of ether oxygens (including phenoxy) is 1. The third-order valence-electron chi connectivity index (χ3n) is 3.59. The molecule has 0 aliphatic rings. The quantitative estimate of drug-likeness (QED) is 0.630. The molecule has 1 N–H and O–H groups in total. The number of nitrogens with one attached hydrogen (secondary N) is 1. The number of benzene rings is 1. The van der Waals surface area contributed by atoms with Gasteiger partial charge in [0.1, 0.15) is 18.8 Å². The molecule has 0 bridgehead atoms. The molecule has 0 spiro atoms. The number of halogens is 1. The standard InChI is InChI=1S/C19H21BrN2O2S/c1-13(2)12-16(19(23)22-10-9-21)24-18(17-4-3-11-25-17)14-5-7-15(20)8-6-14/h3-8,11,13,16,18H,10,12H2,1-2H3,(H,22,23)/t16-,18?/m0/s1. The lowest BCUT2D eigenvalue weighted by Gasteiger charge is -2.25. The molecule has 1 unspecified atom stereocenters. The maximum atomic E-state index is 12.4. The molecule has 2 aromatic rings. The molecule has 2 atom stereocenters. The summed E-state index contributed by atoms with van der Waals surface area (Å²) >= 11 is 5.05. The van der Waals surface area contributed by atoms with E-state index in [1.54, 1.807) is 11.3 Å². The molecule has 132 valence electrons. The average Bonchev–Trinajstić information content (AvgIpc) is 3.11. The van der Waals surface area contributed by atoms with Crippen LogP contribution in [0.1, 0.15) is 36.8 Å². The Balaban J connectivity index is 2.27. The highest BCUT2D eigenvalue weighted by Gasteiger charge is 2.27. The topological polar surface area (TPSA) is 62.1 Å². The Morgan fingerprint density at radius 1 is 1.32 bits per heavy atom. The van der Waals surface area contributed by atoms with Crippen molar-refractivity contribution in [2.24, 2.45) is 5.92 Å². The number of hydrogen-bond donors (Lipinski definition) is 1. The van der Waals surface area contributed by atoms with Gasteiger partial charge in [0, 0.05) is 9.35 Å². The second-order valence-corrected chi connectivity index (χ2v) is 7.97. The van der Waals surface area contributed by atoms with E-state index in [9.17, 15) is 4.79 Å². The lowest BCUT2D eigenvalue weighted by molar-refractivity contribution is -0.136. The van der Waals surface area contributed by atoms with Crippen LogP contribution in [0.5, 0.6) is 0 Å². The smallest absolute Gasteiger partial charge is 0.250 e. The first kappa shape index (κ1) is 19.6. The van der Waals surface area contributed by atoms with Crippen molar-refractivity contribution >= 4 is 33.2 Å². The number of amides is 1. The SMILES string of the molecule is CC(C)C[C@H](OC(c1ccc(Br)cc1)c1cccs1)C(=O)NCC#N. The molecular formula is C19H21BrN2O2S. The molecule has 1 amide bonds. The van der Waals surface area contributed by atoms with Gasteiger partial charge in [0.25, 0.3) is 0 Å². The van der Waals surface area contributed by atoms with Crippen LogP contribution in [-0.4, -0.2) is 18.6 Å². The van der Waals surface area contributed by atoms with Crippen molar-refractivity contribution in [3.8, 4) is 6.07 Å².